The lowest BCUT2D eigenvalue weighted by atomic mass is 9.71. The maximum absolute atomic E-state index is 14.4. The number of hydrogen-bond acceptors (Lipinski definition) is 14. The number of allylic oxidation sites excluding steroid dienone is 2. The first-order chi connectivity index (χ1) is 29.5. The van der Waals surface area contributed by atoms with Crippen LogP contribution in [-0.4, -0.2) is 139 Å². The number of hydrogen-bond donors (Lipinski definition) is 3. The highest BCUT2D eigenvalue weighted by atomic mass is 16.7. The predicted molar refractivity (Wildman–Crippen MR) is 227 cm³/mol. The van der Waals surface area contributed by atoms with E-state index in [0.29, 0.717) is 62.0 Å². The Balaban J connectivity index is 1.19. The highest BCUT2D eigenvalue weighted by molar-refractivity contribution is 5.78. The number of carbonyl (C=O) groups is 1. The Kier molecular flexibility index (Phi) is 15.3. The zero-order valence-electron chi connectivity index (χ0n) is 38.5. The number of rotatable bonds is 8. The number of aliphatic hydroxyl groups is 3. The van der Waals surface area contributed by atoms with Gasteiger partial charge in [-0.05, 0) is 75.5 Å². The van der Waals surface area contributed by atoms with E-state index in [1.54, 1.807) is 40.2 Å². The van der Waals surface area contributed by atoms with Crippen molar-refractivity contribution in [3.05, 3.63) is 47.1 Å². The number of ether oxygens (including phenoxy) is 10. The van der Waals surface area contributed by atoms with Crippen LogP contribution in [0.4, 0.5) is 0 Å². The number of esters is 1. The summed E-state index contributed by atoms with van der Waals surface area (Å²) in [4.78, 5) is 14.4. The van der Waals surface area contributed by atoms with Crippen LogP contribution < -0.4 is 0 Å². The summed E-state index contributed by atoms with van der Waals surface area (Å²) in [5.41, 5.74) is 0.210. The third kappa shape index (κ3) is 9.73. The van der Waals surface area contributed by atoms with Crippen LogP contribution in [0.2, 0.25) is 0 Å². The van der Waals surface area contributed by atoms with Gasteiger partial charge in [-0.15, -0.1) is 0 Å². The Morgan fingerprint density at radius 2 is 1.63 bits per heavy atom. The Bertz CT molecular complexity index is 1680. The molecule has 2 bridgehead atoms. The first-order valence-electron chi connectivity index (χ1n) is 23.2. The van der Waals surface area contributed by atoms with Gasteiger partial charge in [0, 0.05) is 52.2 Å². The van der Waals surface area contributed by atoms with Gasteiger partial charge in [0.1, 0.15) is 42.0 Å². The lowest BCUT2D eigenvalue weighted by Crippen LogP contribution is -2.58. The van der Waals surface area contributed by atoms with Gasteiger partial charge < -0.3 is 62.7 Å². The molecule has 350 valence electrons. The summed E-state index contributed by atoms with van der Waals surface area (Å²) in [6.45, 7) is 16.3. The number of carbonyl (C=O) groups excluding carboxylic acids is 1. The highest BCUT2D eigenvalue weighted by Crippen LogP contribution is 2.48. The van der Waals surface area contributed by atoms with Gasteiger partial charge in [0.05, 0.1) is 49.3 Å². The zero-order valence-corrected chi connectivity index (χ0v) is 38.5. The van der Waals surface area contributed by atoms with Gasteiger partial charge in [-0.3, -0.25) is 4.79 Å². The second-order valence-electron chi connectivity index (χ2n) is 19.4. The normalized spacial score (nSPS) is 49.0. The van der Waals surface area contributed by atoms with E-state index in [9.17, 15) is 20.1 Å². The van der Waals surface area contributed by atoms with Crippen molar-refractivity contribution in [1.82, 2.24) is 0 Å². The van der Waals surface area contributed by atoms with Crippen LogP contribution >= 0.6 is 0 Å². The predicted octanol–water partition coefficient (Wildman–Crippen LogP) is 5.60. The lowest BCUT2D eigenvalue weighted by molar-refractivity contribution is -0.340. The van der Waals surface area contributed by atoms with Crippen molar-refractivity contribution in [3.63, 3.8) is 0 Å². The molecule has 0 aromatic rings. The van der Waals surface area contributed by atoms with Gasteiger partial charge in [-0.25, -0.2) is 0 Å². The zero-order chi connectivity index (χ0) is 44.7. The Hall–Kier alpha value is -2.05. The molecule has 1 spiro atoms. The smallest absolute Gasteiger partial charge is 0.316 e. The van der Waals surface area contributed by atoms with Crippen molar-refractivity contribution < 1.29 is 67.5 Å². The summed E-state index contributed by atoms with van der Waals surface area (Å²) in [5.74, 6) is -2.10. The first kappa shape index (κ1) is 47.9. The molecule has 19 atom stereocenters. The number of methoxy groups -OCH3 is 2. The van der Waals surface area contributed by atoms with Crippen molar-refractivity contribution in [2.45, 2.75) is 204 Å². The van der Waals surface area contributed by atoms with Crippen LogP contribution in [-0.2, 0) is 52.2 Å². The van der Waals surface area contributed by atoms with Gasteiger partial charge in [-0.1, -0.05) is 58.1 Å². The van der Waals surface area contributed by atoms with Crippen LogP contribution in [0, 0.1) is 23.7 Å². The molecular formula is C48H74O14. The van der Waals surface area contributed by atoms with E-state index >= 15 is 0 Å². The first-order valence-corrected chi connectivity index (χ1v) is 23.2. The van der Waals surface area contributed by atoms with E-state index in [0.717, 1.165) is 12.0 Å². The SMILES string of the molecule is CC[C@H]1/C=C/C=C2\CO[C@@H]3[C@H](O)C(C)=C[C@@H](C(=O)O[C@H]4C[C@@H](C/C=C(\C)[C@H]1O[C@H]1C[C@H](OC)[C@@H](O[C@H]5C[C@H](OC)[C@@H](O)[C@H](C)O5)[C@H](C)O1)O[C@@]1(CC[C@H](C)[C@@H](C(C)C)O1)C4)[C@]23O. The van der Waals surface area contributed by atoms with E-state index in [1.807, 2.05) is 13.0 Å². The van der Waals surface area contributed by atoms with E-state index in [2.05, 4.69) is 46.8 Å². The Morgan fingerprint density at radius 1 is 0.919 bits per heavy atom. The van der Waals surface area contributed by atoms with Crippen molar-refractivity contribution >= 4 is 5.97 Å². The maximum Gasteiger partial charge on any atom is 0.316 e. The molecule has 1 aliphatic carbocycles. The molecule has 14 heteroatoms. The van der Waals surface area contributed by atoms with Crippen molar-refractivity contribution in [2.24, 2.45) is 23.7 Å². The van der Waals surface area contributed by atoms with E-state index in [1.165, 1.54) is 0 Å². The van der Waals surface area contributed by atoms with Crippen LogP contribution in [0.1, 0.15) is 107 Å². The van der Waals surface area contributed by atoms with Crippen LogP contribution in [0.25, 0.3) is 0 Å². The second-order valence-corrected chi connectivity index (χ2v) is 19.4. The average molecular weight is 875 g/mol. The van der Waals surface area contributed by atoms with Gasteiger partial charge in [0.15, 0.2) is 18.4 Å². The molecule has 7 rings (SSSR count). The van der Waals surface area contributed by atoms with Crippen LogP contribution in [0.3, 0.4) is 0 Å². The minimum absolute atomic E-state index is 0.0215. The molecule has 6 aliphatic heterocycles. The molecular weight excluding hydrogens is 801 g/mol. The van der Waals surface area contributed by atoms with Crippen LogP contribution in [0.15, 0.2) is 47.1 Å². The van der Waals surface area contributed by atoms with Gasteiger partial charge in [0.25, 0.3) is 0 Å². The summed E-state index contributed by atoms with van der Waals surface area (Å²) >= 11 is 0. The topological polar surface area (TPSA) is 170 Å². The summed E-state index contributed by atoms with van der Waals surface area (Å²) in [6.07, 6.45) is 6.39. The minimum Gasteiger partial charge on any atom is -0.462 e. The van der Waals surface area contributed by atoms with Crippen LogP contribution in [0.5, 0.6) is 0 Å². The number of fused-ring (bicyclic) bond motifs is 2. The summed E-state index contributed by atoms with van der Waals surface area (Å²) in [7, 11) is 3.23. The van der Waals surface area contributed by atoms with E-state index in [-0.39, 0.29) is 36.8 Å². The van der Waals surface area contributed by atoms with Gasteiger partial charge in [0.2, 0.25) is 0 Å². The molecule has 0 radical (unpaired) electrons. The summed E-state index contributed by atoms with van der Waals surface area (Å²) in [5, 5.41) is 34.3. The van der Waals surface area contributed by atoms with Gasteiger partial charge in [-0.2, -0.15) is 0 Å². The molecule has 0 aromatic heterocycles. The van der Waals surface area contributed by atoms with Crippen molar-refractivity contribution in [1.29, 1.82) is 0 Å². The molecule has 5 fully saturated rings. The molecule has 3 N–H and O–H groups in total. The fourth-order valence-corrected chi connectivity index (χ4v) is 11.1. The monoisotopic (exact) mass is 875 g/mol. The lowest BCUT2D eigenvalue weighted by Gasteiger charge is -2.50. The maximum atomic E-state index is 14.4. The molecule has 7 aliphatic rings. The number of aliphatic hydroxyl groups excluding tert-OH is 2. The standard InChI is InChI=1S/C48H74O14/c1-11-31-13-12-14-32-24-55-45-40(49)28(6)19-35(48(32,45)52)46(51)58-34-20-33(61-47(23-34)18-17-27(5)42(62-47)25(2)3)16-15-26(4)43(31)59-39-22-37(54-10)44(30(8)57-39)60-38-21-36(53-9)41(50)29(7)56-38/h12-15,19,25,27,29-31,33-45,49-50,52H,11,16-18,20-24H2,1-10H3/b13-12+,26-15+,32-14+/t27-,29-,30-,31-,33+,34-,35-,36-,37-,38-,39-,40+,41-,42+,43+,44-,45+,47+,48+/m0/s1. The van der Waals surface area contributed by atoms with Crippen molar-refractivity contribution in [3.8, 4) is 0 Å². The quantitative estimate of drug-likeness (QED) is 0.204. The Morgan fingerprint density at radius 3 is 2.34 bits per heavy atom. The largest absolute Gasteiger partial charge is 0.462 e. The molecule has 0 aromatic carbocycles. The molecule has 62 heavy (non-hydrogen) atoms. The van der Waals surface area contributed by atoms with Gasteiger partial charge >= 0.3 is 5.97 Å². The summed E-state index contributed by atoms with van der Waals surface area (Å²) < 4.78 is 64.0. The molecule has 6 heterocycles. The summed E-state index contributed by atoms with van der Waals surface area (Å²) in [6, 6.07) is 0. The fraction of sp³-hybridized carbons (Fsp3) is 0.812. The third-order valence-electron chi connectivity index (χ3n) is 14.7. The van der Waals surface area contributed by atoms with Crippen molar-refractivity contribution in [2.75, 3.05) is 20.8 Å². The molecule has 5 saturated heterocycles. The molecule has 14 nitrogen and oxygen atoms in total. The molecule has 0 saturated carbocycles. The average Bonchev–Trinajstić information content (AvgIpc) is 3.58. The fourth-order valence-electron chi connectivity index (χ4n) is 11.1. The molecule has 0 unspecified atom stereocenters. The molecule has 0 amide bonds. The minimum atomic E-state index is -1.82. The third-order valence-corrected chi connectivity index (χ3v) is 14.7. The highest BCUT2D eigenvalue weighted by Gasteiger charge is 2.60. The Labute approximate surface area is 368 Å². The van der Waals surface area contributed by atoms with E-state index in [4.69, 9.17) is 47.4 Å². The van der Waals surface area contributed by atoms with E-state index < -0.39 is 90.8 Å². The second kappa shape index (κ2) is 19.8.